The van der Waals surface area contributed by atoms with Gasteiger partial charge in [0.2, 0.25) is 5.91 Å². The smallest absolute Gasteiger partial charge is 0.324 e. The first-order valence-electron chi connectivity index (χ1n) is 5.67. The van der Waals surface area contributed by atoms with E-state index in [-0.39, 0.29) is 5.92 Å². The summed E-state index contributed by atoms with van der Waals surface area (Å²) in [5.41, 5.74) is -1.06. The Morgan fingerprint density at radius 1 is 1.50 bits per heavy atom. The number of aliphatic carboxylic acids is 1. The molecule has 1 rings (SSSR count). The second-order valence-electron chi connectivity index (χ2n) is 4.59. The molecular formula is C11H21NO4. The lowest BCUT2D eigenvalue weighted by atomic mass is 9.88. The third kappa shape index (κ3) is 2.36. The molecule has 0 saturated carbocycles. The molecule has 1 fully saturated rings. The SMILES string of the molecule is CCC1(NC(C)(C(=O)O)C(C)C)OCCO1. The number of carbonyl (C=O) groups is 1. The van der Waals surface area contributed by atoms with Crippen molar-refractivity contribution in [3.05, 3.63) is 0 Å². The van der Waals surface area contributed by atoms with Crippen LogP contribution in [0.2, 0.25) is 0 Å². The maximum Gasteiger partial charge on any atom is 0.324 e. The van der Waals surface area contributed by atoms with E-state index < -0.39 is 17.4 Å². The molecule has 0 aromatic rings. The number of hydrogen-bond donors (Lipinski definition) is 2. The predicted octanol–water partition coefficient (Wildman–Crippen LogP) is 1.19. The van der Waals surface area contributed by atoms with Crippen LogP contribution in [0.15, 0.2) is 0 Å². The average Bonchev–Trinajstić information content (AvgIpc) is 2.66. The summed E-state index contributed by atoms with van der Waals surface area (Å²) >= 11 is 0. The van der Waals surface area contributed by atoms with Gasteiger partial charge < -0.3 is 14.6 Å². The fourth-order valence-corrected chi connectivity index (χ4v) is 1.66. The third-order valence-corrected chi connectivity index (χ3v) is 3.27. The van der Waals surface area contributed by atoms with Gasteiger partial charge in [0, 0.05) is 6.42 Å². The number of nitrogens with one attached hydrogen (secondary N) is 1. The predicted molar refractivity (Wildman–Crippen MR) is 58.9 cm³/mol. The van der Waals surface area contributed by atoms with Crippen molar-refractivity contribution < 1.29 is 19.4 Å². The van der Waals surface area contributed by atoms with Crippen molar-refractivity contribution >= 4 is 5.97 Å². The fourth-order valence-electron chi connectivity index (χ4n) is 1.66. The molecule has 1 aliphatic heterocycles. The molecule has 0 radical (unpaired) electrons. The van der Waals surface area contributed by atoms with Gasteiger partial charge in [0.05, 0.1) is 13.2 Å². The van der Waals surface area contributed by atoms with E-state index in [1.54, 1.807) is 6.92 Å². The molecule has 0 aromatic heterocycles. The average molecular weight is 231 g/mol. The monoisotopic (exact) mass is 231 g/mol. The molecule has 0 amide bonds. The van der Waals surface area contributed by atoms with Gasteiger partial charge in [-0.25, -0.2) is 0 Å². The summed E-state index contributed by atoms with van der Waals surface area (Å²) in [6.07, 6.45) is 0.572. The van der Waals surface area contributed by atoms with E-state index in [9.17, 15) is 9.90 Å². The molecule has 0 spiro atoms. The van der Waals surface area contributed by atoms with Gasteiger partial charge in [-0.05, 0) is 12.8 Å². The minimum atomic E-state index is -1.06. The number of ether oxygens (including phenoxy) is 2. The van der Waals surface area contributed by atoms with E-state index in [1.807, 2.05) is 20.8 Å². The van der Waals surface area contributed by atoms with Crippen LogP contribution in [-0.4, -0.2) is 35.7 Å². The molecule has 1 atom stereocenters. The fraction of sp³-hybridized carbons (Fsp3) is 0.909. The van der Waals surface area contributed by atoms with Crippen LogP contribution in [0.25, 0.3) is 0 Å². The molecule has 5 nitrogen and oxygen atoms in total. The summed E-state index contributed by atoms with van der Waals surface area (Å²) in [4.78, 5) is 11.3. The Morgan fingerprint density at radius 2 is 2.00 bits per heavy atom. The lowest BCUT2D eigenvalue weighted by molar-refractivity contribution is -0.206. The van der Waals surface area contributed by atoms with E-state index in [0.29, 0.717) is 19.6 Å². The van der Waals surface area contributed by atoms with Crippen molar-refractivity contribution in [3.63, 3.8) is 0 Å². The summed E-state index contributed by atoms with van der Waals surface area (Å²) in [6.45, 7) is 8.27. The minimum Gasteiger partial charge on any atom is -0.480 e. The zero-order valence-electron chi connectivity index (χ0n) is 10.4. The molecule has 1 saturated heterocycles. The van der Waals surface area contributed by atoms with Crippen LogP contribution >= 0.6 is 0 Å². The highest BCUT2D eigenvalue weighted by Crippen LogP contribution is 2.27. The first kappa shape index (κ1) is 13.4. The van der Waals surface area contributed by atoms with Crippen molar-refractivity contribution in [1.82, 2.24) is 5.32 Å². The van der Waals surface area contributed by atoms with Crippen molar-refractivity contribution in [2.24, 2.45) is 5.92 Å². The molecule has 1 aliphatic rings. The highest BCUT2D eigenvalue weighted by molar-refractivity contribution is 5.78. The van der Waals surface area contributed by atoms with E-state index in [0.717, 1.165) is 0 Å². The lowest BCUT2D eigenvalue weighted by Gasteiger charge is -2.38. The van der Waals surface area contributed by atoms with Crippen molar-refractivity contribution in [2.45, 2.75) is 45.6 Å². The van der Waals surface area contributed by atoms with E-state index in [1.165, 1.54) is 0 Å². The highest BCUT2D eigenvalue weighted by Gasteiger charge is 2.46. The van der Waals surface area contributed by atoms with Crippen molar-refractivity contribution in [3.8, 4) is 0 Å². The molecule has 0 aromatic carbocycles. The standard InChI is InChI=1S/C11H21NO4/c1-5-11(15-6-7-16-11)12-10(4,8(2)3)9(13)14/h8,12H,5-7H2,1-4H3,(H,13,14). The second kappa shape index (κ2) is 4.69. The molecule has 1 heterocycles. The van der Waals surface area contributed by atoms with Crippen molar-refractivity contribution in [2.75, 3.05) is 13.2 Å². The zero-order valence-corrected chi connectivity index (χ0v) is 10.4. The Balaban J connectivity index is 2.86. The van der Waals surface area contributed by atoms with Gasteiger partial charge in [-0.2, -0.15) is 0 Å². The van der Waals surface area contributed by atoms with Crippen LogP contribution < -0.4 is 5.32 Å². The zero-order chi connectivity index (χ0) is 12.4. The summed E-state index contributed by atoms with van der Waals surface area (Å²) < 4.78 is 11.0. The van der Waals surface area contributed by atoms with Gasteiger partial charge in [0.1, 0.15) is 5.54 Å². The van der Waals surface area contributed by atoms with E-state index in [4.69, 9.17) is 9.47 Å². The first-order chi connectivity index (χ1) is 7.36. The van der Waals surface area contributed by atoms with Crippen LogP contribution in [-0.2, 0) is 14.3 Å². The third-order valence-electron chi connectivity index (χ3n) is 3.27. The van der Waals surface area contributed by atoms with Gasteiger partial charge in [-0.15, -0.1) is 0 Å². The minimum absolute atomic E-state index is 0.0683. The Labute approximate surface area is 96.1 Å². The summed E-state index contributed by atoms with van der Waals surface area (Å²) in [5.74, 6) is -1.91. The van der Waals surface area contributed by atoms with Gasteiger partial charge in [-0.3, -0.25) is 10.1 Å². The number of carboxylic acids is 1. The normalized spacial score (nSPS) is 23.3. The number of rotatable bonds is 5. The lowest BCUT2D eigenvalue weighted by Crippen LogP contribution is -2.63. The Hall–Kier alpha value is -0.650. The molecular weight excluding hydrogens is 210 g/mol. The van der Waals surface area contributed by atoms with Crippen LogP contribution in [0, 0.1) is 5.92 Å². The molecule has 0 aliphatic carbocycles. The van der Waals surface area contributed by atoms with Crippen molar-refractivity contribution in [1.29, 1.82) is 0 Å². The summed E-state index contributed by atoms with van der Waals surface area (Å²) in [5, 5.41) is 12.3. The van der Waals surface area contributed by atoms with Gasteiger partial charge in [0.15, 0.2) is 0 Å². The van der Waals surface area contributed by atoms with E-state index in [2.05, 4.69) is 5.32 Å². The Morgan fingerprint density at radius 3 is 2.31 bits per heavy atom. The van der Waals surface area contributed by atoms with Crippen LogP contribution in [0.4, 0.5) is 0 Å². The topological polar surface area (TPSA) is 67.8 Å². The van der Waals surface area contributed by atoms with E-state index >= 15 is 0 Å². The molecule has 1 unspecified atom stereocenters. The Bertz CT molecular complexity index is 261. The maximum absolute atomic E-state index is 11.3. The molecule has 5 heteroatoms. The molecule has 16 heavy (non-hydrogen) atoms. The van der Waals surface area contributed by atoms with Gasteiger partial charge >= 0.3 is 5.97 Å². The molecule has 0 bridgehead atoms. The largest absolute Gasteiger partial charge is 0.480 e. The number of hydrogen-bond acceptors (Lipinski definition) is 4. The second-order valence-corrected chi connectivity index (χ2v) is 4.59. The first-order valence-corrected chi connectivity index (χ1v) is 5.67. The Kier molecular flexibility index (Phi) is 3.93. The van der Waals surface area contributed by atoms with Gasteiger partial charge in [0.25, 0.3) is 0 Å². The quantitative estimate of drug-likeness (QED) is 0.743. The van der Waals surface area contributed by atoms with Gasteiger partial charge in [-0.1, -0.05) is 20.8 Å². The highest BCUT2D eigenvalue weighted by atomic mass is 16.8. The van der Waals surface area contributed by atoms with Crippen LogP contribution in [0.1, 0.15) is 34.1 Å². The summed E-state index contributed by atoms with van der Waals surface area (Å²) in [6, 6.07) is 0. The van der Waals surface area contributed by atoms with Crippen LogP contribution in [0.5, 0.6) is 0 Å². The maximum atomic E-state index is 11.3. The molecule has 94 valence electrons. The number of carboxylic acid groups (broad SMARTS) is 1. The molecule has 2 N–H and O–H groups in total. The summed E-state index contributed by atoms with van der Waals surface area (Å²) in [7, 11) is 0. The van der Waals surface area contributed by atoms with Crippen LogP contribution in [0.3, 0.4) is 0 Å².